The Bertz CT molecular complexity index is 1870. The van der Waals surface area contributed by atoms with Crippen LogP contribution < -0.4 is 4.90 Å². The van der Waals surface area contributed by atoms with Crippen molar-refractivity contribution in [3.8, 4) is 0 Å². The lowest BCUT2D eigenvalue weighted by Gasteiger charge is -2.36. The van der Waals surface area contributed by atoms with Crippen LogP contribution in [0.2, 0.25) is 5.02 Å². The van der Waals surface area contributed by atoms with Crippen LogP contribution in [0.15, 0.2) is 53.7 Å². The van der Waals surface area contributed by atoms with Crippen LogP contribution in [-0.4, -0.2) is 62.5 Å². The molecule has 10 nitrogen and oxygen atoms in total. The van der Waals surface area contributed by atoms with E-state index in [4.69, 9.17) is 11.6 Å². The average Bonchev–Trinajstić information content (AvgIpc) is 3.40. The van der Waals surface area contributed by atoms with E-state index >= 15 is 0 Å². The van der Waals surface area contributed by atoms with Gasteiger partial charge in [0.15, 0.2) is 5.65 Å². The first-order chi connectivity index (χ1) is 20.9. The van der Waals surface area contributed by atoms with Gasteiger partial charge in [-0.15, -0.1) is 10.2 Å². The number of carbonyl (C=O) groups is 1. The fourth-order valence-corrected chi connectivity index (χ4v) is 8.05. The molecule has 0 aliphatic carbocycles. The number of aliphatic carboxylic acids is 1. The normalized spacial score (nSPS) is 19.3. The summed E-state index contributed by atoms with van der Waals surface area (Å²) in [6, 6.07) is 9.41. The highest BCUT2D eigenvalue weighted by Crippen LogP contribution is 2.38. The Morgan fingerprint density at radius 3 is 2.73 bits per heavy atom. The molecule has 0 spiro atoms. The highest BCUT2D eigenvalue weighted by Gasteiger charge is 2.40. The highest BCUT2D eigenvalue weighted by atomic mass is 35.5. The second-order valence-electron chi connectivity index (χ2n) is 11.1. The lowest BCUT2D eigenvalue weighted by Crippen LogP contribution is -2.45. The standard InChI is InChI=1S/C29H28ClF3N6O4S/c1-17-21(9-12-39-26(17)35-36-28(39)29(31,32)33)22(14-25(40)41)18-7-8-23(30)19(13-18)15-37-16-20-5-2-3-11-38(20)27-24(44(37,42)43)6-4-10-34-27/h4,6-10,12-13,20,22H,2-3,5,11,14-16H2,1H3,(H,40,41)/t20-,22?/m0/s1. The van der Waals surface area contributed by atoms with Gasteiger partial charge in [-0.1, -0.05) is 23.7 Å². The quantitative estimate of drug-likeness (QED) is 0.300. The first kappa shape index (κ1) is 30.3. The Kier molecular flexibility index (Phi) is 7.79. The Labute approximate surface area is 256 Å². The molecule has 2 aliphatic rings. The number of aryl methyl sites for hydroxylation is 1. The summed E-state index contributed by atoms with van der Waals surface area (Å²) in [5.74, 6) is -2.66. The zero-order valence-corrected chi connectivity index (χ0v) is 25.1. The molecule has 2 aliphatic heterocycles. The number of fused-ring (bicyclic) bond motifs is 4. The summed E-state index contributed by atoms with van der Waals surface area (Å²) in [5.41, 5.74) is 1.74. The van der Waals surface area contributed by atoms with E-state index in [0.29, 0.717) is 39.6 Å². The van der Waals surface area contributed by atoms with Gasteiger partial charge in [-0.3, -0.25) is 9.20 Å². The SMILES string of the molecule is Cc1c(C(CC(=O)O)c2ccc(Cl)c(CN3C[C@@H]4CCCCN4c4ncccc4S3(=O)=O)c2)ccn2c(C(F)(F)F)nnc12. The Balaban J connectivity index is 1.40. The predicted molar refractivity (Wildman–Crippen MR) is 155 cm³/mol. The molecule has 0 amide bonds. The highest BCUT2D eigenvalue weighted by molar-refractivity contribution is 7.89. The van der Waals surface area contributed by atoms with Crippen molar-refractivity contribution in [3.05, 3.63) is 81.9 Å². The van der Waals surface area contributed by atoms with Crippen molar-refractivity contribution in [3.63, 3.8) is 0 Å². The molecule has 1 unspecified atom stereocenters. The molecule has 1 aromatic carbocycles. The molecular weight excluding hydrogens is 621 g/mol. The first-order valence-corrected chi connectivity index (χ1v) is 15.8. The van der Waals surface area contributed by atoms with Crippen LogP contribution >= 0.6 is 11.6 Å². The third-order valence-electron chi connectivity index (χ3n) is 8.38. The largest absolute Gasteiger partial charge is 0.481 e. The van der Waals surface area contributed by atoms with Crippen LogP contribution in [0.4, 0.5) is 19.0 Å². The summed E-state index contributed by atoms with van der Waals surface area (Å²) in [6.45, 7) is 2.42. The molecule has 4 aromatic rings. The van der Waals surface area contributed by atoms with Gasteiger partial charge in [0.1, 0.15) is 10.7 Å². The van der Waals surface area contributed by atoms with Crippen LogP contribution in [0.1, 0.15) is 59.7 Å². The topological polar surface area (TPSA) is 121 Å². The molecule has 0 saturated carbocycles. The smallest absolute Gasteiger partial charge is 0.452 e. The molecule has 1 N–H and O–H groups in total. The maximum absolute atomic E-state index is 14.0. The van der Waals surface area contributed by atoms with Crippen LogP contribution in [-0.2, 0) is 27.5 Å². The number of piperidine rings is 1. The van der Waals surface area contributed by atoms with Crippen LogP contribution in [0.5, 0.6) is 0 Å². The summed E-state index contributed by atoms with van der Waals surface area (Å²) in [7, 11) is -3.97. The van der Waals surface area contributed by atoms with Gasteiger partial charge in [-0.05, 0) is 72.7 Å². The molecule has 1 fully saturated rings. The second-order valence-corrected chi connectivity index (χ2v) is 13.4. The summed E-state index contributed by atoms with van der Waals surface area (Å²) < 4.78 is 70.5. The number of hydrogen-bond acceptors (Lipinski definition) is 7. The maximum atomic E-state index is 14.0. The molecule has 1 saturated heterocycles. The number of carboxylic acids is 1. The van der Waals surface area contributed by atoms with Crippen molar-refractivity contribution in [2.75, 3.05) is 18.0 Å². The molecule has 5 heterocycles. The van der Waals surface area contributed by atoms with E-state index in [1.165, 1.54) is 16.6 Å². The molecule has 6 rings (SSSR count). The molecule has 0 bridgehead atoms. The monoisotopic (exact) mass is 648 g/mol. The first-order valence-electron chi connectivity index (χ1n) is 14.0. The lowest BCUT2D eigenvalue weighted by atomic mass is 9.86. The fraction of sp³-hybridized carbons (Fsp3) is 0.379. The maximum Gasteiger partial charge on any atom is 0.452 e. The van der Waals surface area contributed by atoms with E-state index in [9.17, 15) is 31.5 Å². The number of hydrogen-bond donors (Lipinski definition) is 1. The number of carboxylic acid groups (broad SMARTS) is 1. The molecule has 232 valence electrons. The van der Waals surface area contributed by atoms with Gasteiger partial charge in [0, 0.05) is 49.0 Å². The number of anilines is 1. The van der Waals surface area contributed by atoms with E-state index in [1.807, 2.05) is 0 Å². The summed E-state index contributed by atoms with van der Waals surface area (Å²) in [6.07, 6.45) is 0.359. The minimum Gasteiger partial charge on any atom is -0.481 e. The van der Waals surface area contributed by atoms with Crippen molar-refractivity contribution >= 4 is 39.1 Å². The van der Waals surface area contributed by atoms with E-state index in [-0.39, 0.29) is 36.1 Å². The lowest BCUT2D eigenvalue weighted by molar-refractivity contribution is -0.145. The third-order valence-corrected chi connectivity index (χ3v) is 10.6. The van der Waals surface area contributed by atoms with Crippen LogP contribution in [0.3, 0.4) is 0 Å². The van der Waals surface area contributed by atoms with Crippen LogP contribution in [0.25, 0.3) is 5.65 Å². The number of halogens is 4. The van der Waals surface area contributed by atoms with Crippen molar-refractivity contribution < 1.29 is 31.5 Å². The Morgan fingerprint density at radius 2 is 1.98 bits per heavy atom. The Hall–Kier alpha value is -3.75. The van der Waals surface area contributed by atoms with Crippen molar-refractivity contribution in [2.45, 2.75) is 62.2 Å². The number of pyridine rings is 2. The molecule has 15 heteroatoms. The molecule has 3 aromatic heterocycles. The van der Waals surface area contributed by atoms with E-state index in [2.05, 4.69) is 20.1 Å². The van der Waals surface area contributed by atoms with Gasteiger partial charge < -0.3 is 10.0 Å². The molecular formula is C29H28ClF3N6O4S. The van der Waals surface area contributed by atoms with E-state index in [0.717, 1.165) is 23.7 Å². The third kappa shape index (κ3) is 5.39. The zero-order valence-electron chi connectivity index (χ0n) is 23.5. The van der Waals surface area contributed by atoms with Gasteiger partial charge in [0.05, 0.1) is 6.42 Å². The number of alkyl halides is 3. The van der Waals surface area contributed by atoms with Gasteiger partial charge >= 0.3 is 12.1 Å². The molecule has 2 atom stereocenters. The zero-order chi connectivity index (χ0) is 31.4. The summed E-state index contributed by atoms with van der Waals surface area (Å²) in [5, 5.41) is 17.1. The number of rotatable bonds is 6. The summed E-state index contributed by atoms with van der Waals surface area (Å²) >= 11 is 6.61. The van der Waals surface area contributed by atoms with E-state index in [1.54, 1.807) is 43.5 Å². The predicted octanol–water partition coefficient (Wildman–Crippen LogP) is 5.27. The minimum absolute atomic E-state index is 0.0422. The minimum atomic E-state index is -4.72. The number of benzene rings is 1. The van der Waals surface area contributed by atoms with Crippen molar-refractivity contribution in [2.24, 2.45) is 0 Å². The fourth-order valence-electron chi connectivity index (χ4n) is 6.26. The Morgan fingerprint density at radius 1 is 1.18 bits per heavy atom. The average molecular weight is 649 g/mol. The van der Waals surface area contributed by atoms with Crippen molar-refractivity contribution in [1.82, 2.24) is 23.9 Å². The second kappa shape index (κ2) is 11.3. The van der Waals surface area contributed by atoms with Crippen molar-refractivity contribution in [1.29, 1.82) is 0 Å². The van der Waals surface area contributed by atoms with Gasteiger partial charge in [-0.25, -0.2) is 13.4 Å². The van der Waals surface area contributed by atoms with Gasteiger partial charge in [-0.2, -0.15) is 17.5 Å². The number of nitrogens with zero attached hydrogens (tertiary/aromatic N) is 6. The number of aromatic nitrogens is 4. The summed E-state index contributed by atoms with van der Waals surface area (Å²) in [4.78, 5) is 18.6. The molecule has 0 radical (unpaired) electrons. The van der Waals surface area contributed by atoms with E-state index < -0.39 is 33.9 Å². The molecule has 44 heavy (non-hydrogen) atoms. The number of sulfonamides is 1. The van der Waals surface area contributed by atoms with Crippen LogP contribution in [0, 0.1) is 6.92 Å². The van der Waals surface area contributed by atoms with Gasteiger partial charge in [0.2, 0.25) is 15.8 Å². The van der Waals surface area contributed by atoms with Gasteiger partial charge in [0.25, 0.3) is 0 Å².